The molecule has 0 unspecified atom stereocenters. The molecule has 0 spiro atoms. The van der Waals surface area contributed by atoms with Crippen molar-refractivity contribution in [1.29, 1.82) is 5.26 Å². The van der Waals surface area contributed by atoms with Crippen LogP contribution >= 0.6 is 0 Å². The Hall–Kier alpha value is -3.50. The SMILES string of the molecule is C.CCOC(=O)c1ccc(-n2cc(C#N)c3cc(OC)ccc32)cc1OCOC. The highest BCUT2D eigenvalue weighted by Gasteiger charge is 2.17. The molecule has 0 saturated heterocycles. The molecule has 29 heavy (non-hydrogen) atoms. The van der Waals surface area contributed by atoms with Crippen LogP contribution in [0.25, 0.3) is 16.6 Å². The van der Waals surface area contributed by atoms with Crippen LogP contribution in [0.3, 0.4) is 0 Å². The van der Waals surface area contributed by atoms with E-state index in [1.165, 1.54) is 7.11 Å². The van der Waals surface area contributed by atoms with Gasteiger partial charge in [0.15, 0.2) is 6.79 Å². The second kappa shape index (κ2) is 9.62. The molecule has 0 aliphatic rings. The molecule has 0 radical (unpaired) electrons. The van der Waals surface area contributed by atoms with E-state index in [4.69, 9.17) is 18.9 Å². The van der Waals surface area contributed by atoms with Gasteiger partial charge in [0.05, 0.1) is 24.8 Å². The van der Waals surface area contributed by atoms with Gasteiger partial charge in [-0.3, -0.25) is 0 Å². The third kappa shape index (κ3) is 4.33. The number of carbonyl (C=O) groups excluding carboxylic acids is 1. The van der Waals surface area contributed by atoms with E-state index in [-0.39, 0.29) is 20.8 Å². The fourth-order valence-corrected chi connectivity index (χ4v) is 2.92. The van der Waals surface area contributed by atoms with Crippen molar-refractivity contribution in [3.05, 3.63) is 53.7 Å². The number of benzene rings is 2. The van der Waals surface area contributed by atoms with E-state index in [1.807, 2.05) is 22.8 Å². The van der Waals surface area contributed by atoms with Crippen LogP contribution in [0.15, 0.2) is 42.6 Å². The van der Waals surface area contributed by atoms with E-state index < -0.39 is 5.97 Å². The molecule has 1 heterocycles. The predicted molar refractivity (Wildman–Crippen MR) is 110 cm³/mol. The minimum absolute atomic E-state index is 0. The number of methoxy groups -OCH3 is 2. The molecule has 0 saturated carbocycles. The fraction of sp³-hybridized carbons (Fsp3) is 0.273. The van der Waals surface area contributed by atoms with Crippen LogP contribution in [0.5, 0.6) is 11.5 Å². The molecule has 7 nitrogen and oxygen atoms in total. The topological polar surface area (TPSA) is 82.7 Å². The van der Waals surface area contributed by atoms with Gasteiger partial charge in [0.1, 0.15) is 23.1 Å². The summed E-state index contributed by atoms with van der Waals surface area (Å²) in [5.74, 6) is 0.537. The molecule has 3 aromatic rings. The van der Waals surface area contributed by atoms with Crippen molar-refractivity contribution in [2.75, 3.05) is 27.6 Å². The van der Waals surface area contributed by atoms with Crippen molar-refractivity contribution >= 4 is 16.9 Å². The average molecular weight is 396 g/mol. The first-order chi connectivity index (χ1) is 13.6. The quantitative estimate of drug-likeness (QED) is 0.437. The number of nitriles is 1. The van der Waals surface area contributed by atoms with Crippen LogP contribution in [0.4, 0.5) is 0 Å². The standard InChI is InChI=1S/C21H20N2O5.CH4/c1-4-27-21(24)17-7-5-15(9-20(17)28-13-25-2)23-12-14(11-22)18-10-16(26-3)6-8-19(18)23;/h5-10,12H,4,13H2,1-3H3;1H4. The summed E-state index contributed by atoms with van der Waals surface area (Å²) in [6.07, 6.45) is 1.74. The third-order valence-electron chi connectivity index (χ3n) is 4.20. The number of aromatic nitrogens is 1. The molecule has 2 aromatic carbocycles. The van der Waals surface area contributed by atoms with Crippen molar-refractivity contribution in [2.45, 2.75) is 14.4 Å². The number of fused-ring (bicyclic) bond motifs is 1. The van der Waals surface area contributed by atoms with Crippen LogP contribution in [0.1, 0.15) is 30.3 Å². The lowest BCUT2D eigenvalue weighted by molar-refractivity contribution is 0.0438. The van der Waals surface area contributed by atoms with E-state index in [9.17, 15) is 10.1 Å². The lowest BCUT2D eigenvalue weighted by atomic mass is 10.1. The molecule has 0 amide bonds. The minimum atomic E-state index is -0.472. The molecule has 7 heteroatoms. The first kappa shape index (κ1) is 21.8. The zero-order valence-electron chi connectivity index (χ0n) is 15.9. The summed E-state index contributed by atoms with van der Waals surface area (Å²) in [6.45, 7) is 1.99. The molecule has 1 aromatic heterocycles. The molecular formula is C22H24N2O5. The first-order valence-corrected chi connectivity index (χ1v) is 8.65. The Morgan fingerprint density at radius 2 is 1.97 bits per heavy atom. The Kier molecular flexibility index (Phi) is 7.23. The summed E-state index contributed by atoms with van der Waals surface area (Å²) < 4.78 is 22.8. The minimum Gasteiger partial charge on any atom is -0.497 e. The Labute approximate surface area is 170 Å². The van der Waals surface area contributed by atoms with Gasteiger partial charge in [-0.25, -0.2) is 4.79 Å². The van der Waals surface area contributed by atoms with Crippen molar-refractivity contribution in [2.24, 2.45) is 0 Å². The number of nitrogens with zero attached hydrogens (tertiary/aromatic N) is 2. The van der Waals surface area contributed by atoms with Gasteiger partial charge < -0.3 is 23.5 Å². The summed E-state index contributed by atoms with van der Waals surface area (Å²) in [5.41, 5.74) is 2.39. The summed E-state index contributed by atoms with van der Waals surface area (Å²) in [5, 5.41) is 10.3. The van der Waals surface area contributed by atoms with Gasteiger partial charge in [-0.05, 0) is 37.3 Å². The number of hydrogen-bond donors (Lipinski definition) is 0. The normalized spacial score (nSPS) is 10.1. The van der Waals surface area contributed by atoms with Gasteiger partial charge in [0.2, 0.25) is 0 Å². The maximum atomic E-state index is 12.2. The van der Waals surface area contributed by atoms with Gasteiger partial charge in [-0.1, -0.05) is 7.43 Å². The number of esters is 1. The van der Waals surface area contributed by atoms with Gasteiger partial charge in [-0.2, -0.15) is 5.26 Å². The number of carbonyl (C=O) groups is 1. The zero-order chi connectivity index (χ0) is 20.1. The number of rotatable bonds is 7. The fourth-order valence-electron chi connectivity index (χ4n) is 2.92. The van der Waals surface area contributed by atoms with Crippen molar-refractivity contribution in [1.82, 2.24) is 4.57 Å². The van der Waals surface area contributed by atoms with Crippen LogP contribution < -0.4 is 9.47 Å². The second-order valence-corrected chi connectivity index (χ2v) is 5.86. The number of hydrogen-bond acceptors (Lipinski definition) is 6. The van der Waals surface area contributed by atoms with Gasteiger partial charge in [0, 0.05) is 30.4 Å². The monoisotopic (exact) mass is 396 g/mol. The molecule has 0 aliphatic heterocycles. The Balaban J connectivity index is 0.00000300. The Morgan fingerprint density at radius 1 is 1.17 bits per heavy atom. The maximum absolute atomic E-state index is 12.2. The molecular weight excluding hydrogens is 372 g/mol. The highest BCUT2D eigenvalue weighted by molar-refractivity contribution is 5.93. The van der Waals surface area contributed by atoms with Gasteiger partial charge in [0.25, 0.3) is 0 Å². The van der Waals surface area contributed by atoms with Crippen LogP contribution in [0.2, 0.25) is 0 Å². The van der Waals surface area contributed by atoms with Crippen LogP contribution in [0, 0.1) is 11.3 Å². The van der Waals surface area contributed by atoms with Crippen molar-refractivity contribution in [3.63, 3.8) is 0 Å². The molecule has 0 fully saturated rings. The van der Waals surface area contributed by atoms with Crippen molar-refractivity contribution < 1.29 is 23.7 Å². The average Bonchev–Trinajstić information content (AvgIpc) is 3.10. The second-order valence-electron chi connectivity index (χ2n) is 5.86. The predicted octanol–water partition coefficient (Wildman–Crippen LogP) is 4.31. The molecule has 0 bridgehead atoms. The van der Waals surface area contributed by atoms with E-state index in [0.29, 0.717) is 22.6 Å². The Morgan fingerprint density at radius 3 is 2.62 bits per heavy atom. The van der Waals surface area contributed by atoms with Crippen molar-refractivity contribution in [3.8, 4) is 23.3 Å². The van der Waals surface area contributed by atoms with E-state index >= 15 is 0 Å². The first-order valence-electron chi connectivity index (χ1n) is 8.65. The third-order valence-corrected chi connectivity index (χ3v) is 4.20. The summed E-state index contributed by atoms with van der Waals surface area (Å²) in [7, 11) is 3.08. The lowest BCUT2D eigenvalue weighted by Crippen LogP contribution is -2.10. The highest BCUT2D eigenvalue weighted by Crippen LogP contribution is 2.30. The molecule has 3 rings (SSSR count). The van der Waals surface area contributed by atoms with E-state index in [1.54, 1.807) is 38.4 Å². The molecule has 0 atom stereocenters. The maximum Gasteiger partial charge on any atom is 0.341 e. The zero-order valence-corrected chi connectivity index (χ0v) is 15.9. The summed E-state index contributed by atoms with van der Waals surface area (Å²) >= 11 is 0. The lowest BCUT2D eigenvalue weighted by Gasteiger charge is -2.13. The van der Waals surface area contributed by atoms with Gasteiger partial charge in [-0.15, -0.1) is 0 Å². The Bertz CT molecular complexity index is 1050. The van der Waals surface area contributed by atoms with Crippen LogP contribution in [-0.2, 0) is 9.47 Å². The molecule has 0 aliphatic carbocycles. The largest absolute Gasteiger partial charge is 0.497 e. The van der Waals surface area contributed by atoms with E-state index in [0.717, 1.165) is 16.6 Å². The summed E-state index contributed by atoms with van der Waals surface area (Å²) in [4.78, 5) is 12.2. The highest BCUT2D eigenvalue weighted by atomic mass is 16.7. The van der Waals surface area contributed by atoms with E-state index in [2.05, 4.69) is 6.07 Å². The van der Waals surface area contributed by atoms with Gasteiger partial charge >= 0.3 is 5.97 Å². The molecule has 0 N–H and O–H groups in total. The number of ether oxygens (including phenoxy) is 4. The van der Waals surface area contributed by atoms with Crippen LogP contribution in [-0.4, -0.2) is 38.2 Å². The molecule has 152 valence electrons. The smallest absolute Gasteiger partial charge is 0.341 e. The summed E-state index contributed by atoms with van der Waals surface area (Å²) in [6, 6.07) is 12.9.